The van der Waals surface area contributed by atoms with Crippen molar-refractivity contribution in [3.63, 3.8) is 0 Å². The maximum atomic E-state index is 5.44. The Bertz CT molecular complexity index is 767. The van der Waals surface area contributed by atoms with Gasteiger partial charge in [0.15, 0.2) is 5.11 Å². The van der Waals surface area contributed by atoms with Gasteiger partial charge in [-0.3, -0.25) is 0 Å². The molecule has 0 aliphatic heterocycles. The van der Waals surface area contributed by atoms with Gasteiger partial charge < -0.3 is 29.6 Å². The summed E-state index contributed by atoms with van der Waals surface area (Å²) in [4.78, 5) is 0. The third kappa shape index (κ3) is 4.70. The average molecular weight is 376 g/mol. The van der Waals surface area contributed by atoms with E-state index >= 15 is 0 Å². The fourth-order valence-electron chi connectivity index (χ4n) is 2.51. The largest absolute Gasteiger partial charge is 0.497 e. The van der Waals surface area contributed by atoms with Crippen LogP contribution in [0.15, 0.2) is 36.4 Å². The average Bonchev–Trinajstić information content (AvgIpc) is 2.67. The number of anilines is 1. The van der Waals surface area contributed by atoms with Gasteiger partial charge >= 0.3 is 0 Å². The van der Waals surface area contributed by atoms with Crippen molar-refractivity contribution in [2.45, 2.75) is 13.0 Å². The summed E-state index contributed by atoms with van der Waals surface area (Å²) in [5, 5.41) is 6.86. The predicted molar refractivity (Wildman–Crippen MR) is 107 cm³/mol. The standard InChI is InChI=1S/C19H24N2O4S/c1-12(15-10-13(22-2)7-9-17(15)24-4)20-19(26)21-16-8-6-14(23-3)11-18(16)25-5/h6-12H,1-5H3,(H2,20,21,26)/t12-/m1/s1. The van der Waals surface area contributed by atoms with E-state index in [0.29, 0.717) is 16.6 Å². The van der Waals surface area contributed by atoms with Crippen LogP contribution in [0.3, 0.4) is 0 Å². The van der Waals surface area contributed by atoms with Gasteiger partial charge in [-0.2, -0.15) is 0 Å². The van der Waals surface area contributed by atoms with Crippen LogP contribution < -0.4 is 29.6 Å². The first-order valence-corrected chi connectivity index (χ1v) is 8.44. The van der Waals surface area contributed by atoms with Gasteiger partial charge in [0.1, 0.15) is 23.0 Å². The summed E-state index contributed by atoms with van der Waals surface area (Å²) >= 11 is 5.44. The van der Waals surface area contributed by atoms with Crippen LogP contribution in [0.4, 0.5) is 5.69 Å². The zero-order chi connectivity index (χ0) is 19.1. The molecule has 0 heterocycles. The number of ether oxygens (including phenoxy) is 4. The maximum Gasteiger partial charge on any atom is 0.171 e. The second-order valence-corrected chi connectivity index (χ2v) is 5.90. The van der Waals surface area contributed by atoms with E-state index in [9.17, 15) is 0 Å². The summed E-state index contributed by atoms with van der Waals surface area (Å²) < 4.78 is 21.3. The van der Waals surface area contributed by atoms with Crippen LogP contribution >= 0.6 is 12.2 Å². The highest BCUT2D eigenvalue weighted by molar-refractivity contribution is 7.80. The molecular weight excluding hydrogens is 352 g/mol. The van der Waals surface area contributed by atoms with Crippen molar-refractivity contribution in [2.75, 3.05) is 33.8 Å². The molecule has 0 aliphatic carbocycles. The number of rotatable bonds is 7. The molecule has 0 saturated heterocycles. The molecule has 2 aromatic rings. The van der Waals surface area contributed by atoms with Crippen LogP contribution in [0.1, 0.15) is 18.5 Å². The van der Waals surface area contributed by atoms with E-state index in [4.69, 9.17) is 31.2 Å². The van der Waals surface area contributed by atoms with Crippen molar-refractivity contribution in [3.05, 3.63) is 42.0 Å². The van der Waals surface area contributed by atoms with Crippen LogP contribution in [0.2, 0.25) is 0 Å². The molecular formula is C19H24N2O4S. The van der Waals surface area contributed by atoms with Crippen molar-refractivity contribution in [2.24, 2.45) is 0 Å². The highest BCUT2D eigenvalue weighted by Crippen LogP contribution is 2.31. The van der Waals surface area contributed by atoms with Crippen LogP contribution in [0, 0.1) is 0 Å². The minimum absolute atomic E-state index is 0.0932. The molecule has 7 heteroatoms. The number of hydrogen-bond acceptors (Lipinski definition) is 5. The first kappa shape index (κ1) is 19.7. The summed E-state index contributed by atoms with van der Waals surface area (Å²) in [5.41, 5.74) is 1.69. The molecule has 26 heavy (non-hydrogen) atoms. The second-order valence-electron chi connectivity index (χ2n) is 5.49. The SMILES string of the molecule is COc1ccc(NC(=S)N[C@H](C)c2cc(OC)ccc2OC)c(OC)c1. The van der Waals surface area contributed by atoms with E-state index in [2.05, 4.69) is 10.6 Å². The van der Waals surface area contributed by atoms with Gasteiger partial charge in [0.05, 0.1) is 40.2 Å². The van der Waals surface area contributed by atoms with Gasteiger partial charge in [0, 0.05) is 11.6 Å². The van der Waals surface area contributed by atoms with E-state index in [1.807, 2.05) is 37.3 Å². The van der Waals surface area contributed by atoms with E-state index < -0.39 is 0 Å². The minimum atomic E-state index is -0.0932. The van der Waals surface area contributed by atoms with Crippen molar-refractivity contribution in [1.29, 1.82) is 0 Å². The molecule has 0 bridgehead atoms. The number of methoxy groups -OCH3 is 4. The molecule has 2 N–H and O–H groups in total. The van der Waals surface area contributed by atoms with Crippen LogP contribution in [0.5, 0.6) is 23.0 Å². The van der Waals surface area contributed by atoms with E-state index in [1.165, 1.54) is 0 Å². The number of nitrogens with one attached hydrogen (secondary N) is 2. The molecule has 0 spiro atoms. The molecule has 140 valence electrons. The first-order chi connectivity index (χ1) is 12.5. The Morgan fingerprint density at radius 3 is 2.08 bits per heavy atom. The summed E-state index contributed by atoms with van der Waals surface area (Å²) in [6, 6.07) is 11.0. The topological polar surface area (TPSA) is 61.0 Å². The molecule has 0 fully saturated rings. The highest BCUT2D eigenvalue weighted by Gasteiger charge is 2.15. The van der Waals surface area contributed by atoms with Gasteiger partial charge in [-0.15, -0.1) is 0 Å². The minimum Gasteiger partial charge on any atom is -0.497 e. The number of hydrogen-bond donors (Lipinski definition) is 2. The summed E-state index contributed by atoms with van der Waals surface area (Å²) in [5.74, 6) is 2.86. The maximum absolute atomic E-state index is 5.44. The summed E-state index contributed by atoms with van der Waals surface area (Å²) in [6.07, 6.45) is 0. The third-order valence-corrected chi connectivity index (χ3v) is 4.13. The predicted octanol–water partition coefficient (Wildman–Crippen LogP) is 3.77. The number of benzene rings is 2. The van der Waals surface area contributed by atoms with Crippen LogP contribution in [-0.4, -0.2) is 33.6 Å². The van der Waals surface area contributed by atoms with Gasteiger partial charge in [-0.25, -0.2) is 0 Å². The van der Waals surface area contributed by atoms with Crippen molar-refractivity contribution in [1.82, 2.24) is 5.32 Å². The lowest BCUT2D eigenvalue weighted by molar-refractivity contribution is 0.394. The van der Waals surface area contributed by atoms with Crippen molar-refractivity contribution < 1.29 is 18.9 Å². The lowest BCUT2D eigenvalue weighted by Crippen LogP contribution is -2.31. The molecule has 0 radical (unpaired) electrons. The fraction of sp³-hybridized carbons (Fsp3) is 0.316. The Morgan fingerprint density at radius 1 is 0.846 bits per heavy atom. The first-order valence-electron chi connectivity index (χ1n) is 8.03. The van der Waals surface area contributed by atoms with Crippen LogP contribution in [-0.2, 0) is 0 Å². The molecule has 0 saturated carbocycles. The monoisotopic (exact) mass is 376 g/mol. The Balaban J connectivity index is 2.13. The molecule has 2 rings (SSSR count). The van der Waals surface area contributed by atoms with E-state index in [-0.39, 0.29) is 6.04 Å². The molecule has 0 aliphatic rings. The molecule has 6 nitrogen and oxygen atoms in total. The third-order valence-electron chi connectivity index (χ3n) is 3.91. The molecule has 0 amide bonds. The zero-order valence-electron chi connectivity index (χ0n) is 15.6. The van der Waals surface area contributed by atoms with E-state index in [0.717, 1.165) is 22.7 Å². The Labute approximate surface area is 159 Å². The normalized spacial score (nSPS) is 11.3. The van der Waals surface area contributed by atoms with Crippen molar-refractivity contribution >= 4 is 23.0 Å². The molecule has 0 unspecified atom stereocenters. The van der Waals surface area contributed by atoms with Crippen LogP contribution in [0.25, 0.3) is 0 Å². The van der Waals surface area contributed by atoms with Gasteiger partial charge in [-0.05, 0) is 49.5 Å². The molecule has 2 aromatic carbocycles. The Morgan fingerprint density at radius 2 is 1.46 bits per heavy atom. The van der Waals surface area contributed by atoms with Crippen molar-refractivity contribution in [3.8, 4) is 23.0 Å². The molecule has 0 aromatic heterocycles. The molecule has 1 atom stereocenters. The lowest BCUT2D eigenvalue weighted by Gasteiger charge is -2.21. The zero-order valence-corrected chi connectivity index (χ0v) is 16.4. The summed E-state index contributed by atoms with van der Waals surface area (Å²) in [6.45, 7) is 2.00. The highest BCUT2D eigenvalue weighted by atomic mass is 32.1. The quantitative estimate of drug-likeness (QED) is 0.713. The second kappa shape index (κ2) is 9.15. The number of thiocarbonyl (C=S) groups is 1. The van der Waals surface area contributed by atoms with Gasteiger partial charge in [0.2, 0.25) is 0 Å². The lowest BCUT2D eigenvalue weighted by atomic mass is 10.1. The van der Waals surface area contributed by atoms with Gasteiger partial charge in [0.25, 0.3) is 0 Å². The Kier molecular flexibility index (Phi) is 6.91. The van der Waals surface area contributed by atoms with Gasteiger partial charge in [-0.1, -0.05) is 0 Å². The fourth-order valence-corrected chi connectivity index (χ4v) is 2.80. The smallest absolute Gasteiger partial charge is 0.171 e. The van der Waals surface area contributed by atoms with E-state index in [1.54, 1.807) is 34.5 Å². The Hall–Kier alpha value is -2.67. The summed E-state index contributed by atoms with van der Waals surface area (Å²) in [7, 11) is 6.47.